The molecule has 1 aliphatic heterocycles. The highest BCUT2D eigenvalue weighted by molar-refractivity contribution is 7.80. The van der Waals surface area contributed by atoms with E-state index in [0.717, 1.165) is 4.90 Å². The largest absolute Gasteiger partial charge is 0.298 e. The molecular weight excluding hydrogens is 403 g/mol. The first kappa shape index (κ1) is 17.9. The summed E-state index contributed by atoms with van der Waals surface area (Å²) >= 11 is 23.4. The molecule has 0 atom stereocenters. The number of anilines is 1. The Bertz CT molecular complexity index is 943. The van der Waals surface area contributed by atoms with Crippen LogP contribution < -0.4 is 10.2 Å². The minimum absolute atomic E-state index is 0.0736. The summed E-state index contributed by atoms with van der Waals surface area (Å²) in [6.45, 7) is 0. The van der Waals surface area contributed by atoms with Gasteiger partial charge in [0.2, 0.25) is 0 Å². The molecule has 1 aliphatic rings. The average Bonchev–Trinajstić information content (AvgIpc) is 2.56. The number of nitrogens with zero attached hydrogens (tertiary/aromatic N) is 1. The quantitative estimate of drug-likeness (QED) is 0.450. The summed E-state index contributed by atoms with van der Waals surface area (Å²) in [4.78, 5) is 26.3. The molecule has 0 radical (unpaired) electrons. The maximum Gasteiger partial charge on any atom is 0.270 e. The van der Waals surface area contributed by atoms with Gasteiger partial charge in [0.05, 0.1) is 15.7 Å². The molecule has 25 heavy (non-hydrogen) atoms. The molecule has 126 valence electrons. The van der Waals surface area contributed by atoms with Gasteiger partial charge in [-0.15, -0.1) is 0 Å². The van der Waals surface area contributed by atoms with Crippen molar-refractivity contribution in [1.82, 2.24) is 5.32 Å². The minimum atomic E-state index is -0.613. The van der Waals surface area contributed by atoms with Crippen LogP contribution in [-0.4, -0.2) is 16.9 Å². The lowest BCUT2D eigenvalue weighted by molar-refractivity contribution is -0.122. The van der Waals surface area contributed by atoms with Crippen LogP contribution in [0.5, 0.6) is 0 Å². The molecule has 2 aromatic carbocycles. The molecule has 0 unspecified atom stereocenters. The maximum atomic E-state index is 12.9. The molecule has 2 aromatic rings. The zero-order chi connectivity index (χ0) is 18.1. The topological polar surface area (TPSA) is 49.4 Å². The van der Waals surface area contributed by atoms with E-state index in [-0.39, 0.29) is 26.4 Å². The first-order valence-electron chi connectivity index (χ1n) is 7.00. The first-order valence-corrected chi connectivity index (χ1v) is 8.54. The third-order valence-electron chi connectivity index (χ3n) is 3.48. The van der Waals surface area contributed by atoms with Gasteiger partial charge in [0.25, 0.3) is 11.8 Å². The zero-order valence-electron chi connectivity index (χ0n) is 12.4. The molecule has 1 fully saturated rings. The molecule has 0 spiro atoms. The molecule has 1 N–H and O–H groups in total. The van der Waals surface area contributed by atoms with Crippen LogP contribution in [0.3, 0.4) is 0 Å². The van der Waals surface area contributed by atoms with Crippen molar-refractivity contribution >= 4 is 75.7 Å². The highest BCUT2D eigenvalue weighted by atomic mass is 35.5. The summed E-state index contributed by atoms with van der Waals surface area (Å²) in [5.74, 6) is -1.22. The smallest absolute Gasteiger partial charge is 0.270 e. The number of halogens is 3. The van der Waals surface area contributed by atoms with E-state index in [2.05, 4.69) is 5.32 Å². The van der Waals surface area contributed by atoms with Crippen molar-refractivity contribution in [2.45, 2.75) is 0 Å². The number of carbonyl (C=O) groups excluding carboxylic acids is 2. The summed E-state index contributed by atoms with van der Waals surface area (Å²) in [5.41, 5.74) is 0.708. The normalized spacial score (nSPS) is 16.4. The van der Waals surface area contributed by atoms with Crippen LogP contribution in [0.2, 0.25) is 15.1 Å². The molecule has 3 rings (SSSR count). The zero-order valence-corrected chi connectivity index (χ0v) is 15.5. The van der Waals surface area contributed by atoms with Crippen molar-refractivity contribution in [3.63, 3.8) is 0 Å². The Balaban J connectivity index is 2.09. The van der Waals surface area contributed by atoms with Crippen molar-refractivity contribution in [1.29, 1.82) is 0 Å². The molecule has 2 amide bonds. The average molecular weight is 412 g/mol. The van der Waals surface area contributed by atoms with Gasteiger partial charge in [-0.25, -0.2) is 0 Å². The van der Waals surface area contributed by atoms with Gasteiger partial charge in [0, 0.05) is 5.02 Å². The van der Waals surface area contributed by atoms with Crippen LogP contribution >= 0.6 is 47.0 Å². The van der Waals surface area contributed by atoms with Crippen molar-refractivity contribution in [3.05, 3.63) is 68.7 Å². The van der Waals surface area contributed by atoms with E-state index in [1.165, 1.54) is 6.08 Å². The number of amides is 2. The lowest BCUT2D eigenvalue weighted by Crippen LogP contribution is -2.54. The van der Waals surface area contributed by atoms with Gasteiger partial charge < -0.3 is 0 Å². The number of thiocarbonyl (C=S) groups is 1. The van der Waals surface area contributed by atoms with E-state index >= 15 is 0 Å². The molecule has 8 heteroatoms. The predicted molar refractivity (Wildman–Crippen MR) is 104 cm³/mol. The van der Waals surface area contributed by atoms with E-state index in [1.807, 2.05) is 0 Å². The summed E-state index contributed by atoms with van der Waals surface area (Å²) in [6.07, 6.45) is 1.41. The molecule has 0 aliphatic carbocycles. The van der Waals surface area contributed by atoms with Crippen molar-refractivity contribution < 1.29 is 9.59 Å². The van der Waals surface area contributed by atoms with Gasteiger partial charge >= 0.3 is 0 Å². The number of nitrogens with one attached hydrogen (secondary N) is 1. The van der Waals surface area contributed by atoms with E-state index in [9.17, 15) is 9.59 Å². The Hall–Kier alpha value is -1.92. The predicted octanol–water partition coefficient (Wildman–Crippen LogP) is 4.48. The fraction of sp³-hybridized carbons (Fsp3) is 0. The van der Waals surface area contributed by atoms with Crippen LogP contribution in [0.4, 0.5) is 5.69 Å². The Kier molecular flexibility index (Phi) is 5.11. The second-order valence-electron chi connectivity index (χ2n) is 5.05. The fourth-order valence-electron chi connectivity index (χ4n) is 2.29. The number of hydrogen-bond donors (Lipinski definition) is 1. The first-order chi connectivity index (χ1) is 11.9. The number of rotatable bonds is 2. The Morgan fingerprint density at radius 3 is 2.36 bits per heavy atom. The maximum absolute atomic E-state index is 12.9. The molecule has 1 heterocycles. The van der Waals surface area contributed by atoms with Crippen LogP contribution in [-0.2, 0) is 9.59 Å². The molecule has 4 nitrogen and oxygen atoms in total. The molecule has 0 bridgehead atoms. The molecule has 0 aromatic heterocycles. The summed E-state index contributed by atoms with van der Waals surface area (Å²) in [6, 6.07) is 11.7. The van der Waals surface area contributed by atoms with Gasteiger partial charge in [-0.2, -0.15) is 0 Å². The number of benzene rings is 2. The molecule has 1 saturated heterocycles. The number of carbonyl (C=O) groups is 2. The van der Waals surface area contributed by atoms with E-state index in [4.69, 9.17) is 47.0 Å². The van der Waals surface area contributed by atoms with Gasteiger partial charge in [-0.1, -0.05) is 59.1 Å². The summed E-state index contributed by atoms with van der Waals surface area (Å²) in [5, 5.41) is 3.25. The van der Waals surface area contributed by atoms with Crippen LogP contribution in [0.25, 0.3) is 6.08 Å². The fourth-order valence-corrected chi connectivity index (χ4v) is 3.13. The summed E-state index contributed by atoms with van der Waals surface area (Å²) < 4.78 is 0. The van der Waals surface area contributed by atoms with Crippen molar-refractivity contribution in [3.8, 4) is 0 Å². The second-order valence-corrected chi connectivity index (χ2v) is 6.63. The van der Waals surface area contributed by atoms with Crippen molar-refractivity contribution in [2.75, 3.05) is 4.90 Å². The van der Waals surface area contributed by atoms with Crippen LogP contribution in [0, 0.1) is 0 Å². The third-order valence-corrected chi connectivity index (χ3v) is 4.92. The lowest BCUT2D eigenvalue weighted by Gasteiger charge is -2.29. The Morgan fingerprint density at radius 2 is 1.64 bits per heavy atom. The van der Waals surface area contributed by atoms with Gasteiger partial charge in [0.1, 0.15) is 5.57 Å². The highest BCUT2D eigenvalue weighted by Gasteiger charge is 2.35. The SMILES string of the molecule is O=C1NC(=S)N(c2cccc(Cl)c2Cl)C(=O)/C1=C/c1ccccc1Cl. The Labute approximate surface area is 164 Å². The lowest BCUT2D eigenvalue weighted by atomic mass is 10.1. The standard InChI is InChI=1S/C17H9Cl3N2O2S/c18-11-5-2-1-4-9(11)8-10-15(23)21-17(25)22(16(10)24)13-7-3-6-12(19)14(13)20/h1-8H,(H,21,23,25)/b10-8+. The minimum Gasteiger partial charge on any atom is -0.298 e. The Morgan fingerprint density at radius 1 is 0.960 bits per heavy atom. The molecule has 0 saturated carbocycles. The van der Waals surface area contributed by atoms with Gasteiger partial charge in [0.15, 0.2) is 5.11 Å². The monoisotopic (exact) mass is 410 g/mol. The van der Waals surface area contributed by atoms with Gasteiger partial charge in [-0.05, 0) is 42.1 Å². The highest BCUT2D eigenvalue weighted by Crippen LogP contribution is 2.34. The van der Waals surface area contributed by atoms with E-state index in [0.29, 0.717) is 10.6 Å². The van der Waals surface area contributed by atoms with Crippen molar-refractivity contribution in [2.24, 2.45) is 0 Å². The van der Waals surface area contributed by atoms with Crippen LogP contribution in [0.15, 0.2) is 48.0 Å². The molecular formula is C17H9Cl3N2O2S. The van der Waals surface area contributed by atoms with Crippen LogP contribution in [0.1, 0.15) is 5.56 Å². The summed E-state index contributed by atoms with van der Waals surface area (Å²) in [7, 11) is 0. The van der Waals surface area contributed by atoms with E-state index < -0.39 is 11.8 Å². The van der Waals surface area contributed by atoms with Gasteiger partial charge in [-0.3, -0.25) is 19.8 Å². The number of hydrogen-bond acceptors (Lipinski definition) is 3. The second kappa shape index (κ2) is 7.14. The van der Waals surface area contributed by atoms with E-state index in [1.54, 1.807) is 42.5 Å². The third kappa shape index (κ3) is 3.41.